The van der Waals surface area contributed by atoms with Crippen LogP contribution in [0.15, 0.2) is 65.6 Å². The molecule has 5 nitrogen and oxygen atoms in total. The molecule has 0 spiro atoms. The van der Waals surface area contributed by atoms with Crippen molar-refractivity contribution in [2.45, 2.75) is 63.2 Å². The molecule has 0 saturated heterocycles. The first-order chi connectivity index (χ1) is 17.4. The lowest BCUT2D eigenvalue weighted by Crippen LogP contribution is -2.29. The first-order valence-corrected chi connectivity index (χ1v) is 13.5. The molecule has 5 rings (SSSR count). The molecule has 2 aliphatic rings. The molecule has 6 heteroatoms. The number of aryl methyl sites for hydroxylation is 1. The quantitative estimate of drug-likeness (QED) is 0.387. The summed E-state index contributed by atoms with van der Waals surface area (Å²) in [5, 5.41) is 9.77. The van der Waals surface area contributed by atoms with Crippen molar-refractivity contribution >= 4 is 17.9 Å². The van der Waals surface area contributed by atoms with E-state index in [1.807, 2.05) is 12.1 Å². The lowest BCUT2D eigenvalue weighted by atomic mass is 9.85. The van der Waals surface area contributed by atoms with E-state index in [0.717, 1.165) is 54.4 Å². The van der Waals surface area contributed by atoms with Gasteiger partial charge in [-0.05, 0) is 77.9 Å². The fourth-order valence-electron chi connectivity index (χ4n) is 5.23. The van der Waals surface area contributed by atoms with Crippen LogP contribution in [0.4, 0.5) is 0 Å². The van der Waals surface area contributed by atoms with Crippen molar-refractivity contribution in [2.75, 3.05) is 13.6 Å². The van der Waals surface area contributed by atoms with E-state index >= 15 is 0 Å². The summed E-state index contributed by atoms with van der Waals surface area (Å²) < 4.78 is 8.66. The van der Waals surface area contributed by atoms with Crippen LogP contribution in [-0.2, 0) is 24.4 Å². The van der Waals surface area contributed by atoms with Crippen molar-refractivity contribution in [1.82, 2.24) is 9.21 Å². The number of rotatable bonds is 7. The van der Waals surface area contributed by atoms with Gasteiger partial charge in [0.2, 0.25) is 0 Å². The second-order valence-electron chi connectivity index (χ2n) is 10.0. The molecule has 0 fully saturated rings. The van der Waals surface area contributed by atoms with Crippen LogP contribution >= 0.6 is 11.9 Å². The molecular weight excluding hydrogens is 468 g/mol. The number of carboxylic acid groups (broad SMARTS) is 1. The summed E-state index contributed by atoms with van der Waals surface area (Å²) in [6.45, 7) is 7.77. The zero-order valence-corrected chi connectivity index (χ0v) is 22.1. The largest absolute Gasteiger partial charge is 0.488 e. The van der Waals surface area contributed by atoms with Crippen molar-refractivity contribution in [2.24, 2.45) is 0 Å². The predicted octanol–water partition coefficient (Wildman–Crippen LogP) is 6.23. The number of hydrogen-bond donors (Lipinski definition) is 1. The molecule has 36 heavy (non-hydrogen) atoms. The number of aliphatic carboxylic acids is 1. The SMILES string of the molecule is CCC1CN(Cc2cc(C(CC(=O)O)c3ccc4c(c3)CN(C)C4)ccc2C)Sc2ccccc2O1. The average molecular weight is 503 g/mol. The fraction of sp³-hybridized carbons (Fsp3) is 0.367. The summed E-state index contributed by atoms with van der Waals surface area (Å²) in [5.41, 5.74) is 7.24. The third kappa shape index (κ3) is 5.46. The molecule has 0 saturated carbocycles. The van der Waals surface area contributed by atoms with E-state index in [2.05, 4.69) is 78.6 Å². The minimum Gasteiger partial charge on any atom is -0.488 e. The molecular formula is C30H34N2O3S. The summed E-state index contributed by atoms with van der Waals surface area (Å²) in [4.78, 5) is 15.3. The molecule has 2 aliphatic heterocycles. The third-order valence-electron chi connectivity index (χ3n) is 7.25. The first kappa shape index (κ1) is 24.9. The topological polar surface area (TPSA) is 53.0 Å². The Morgan fingerprint density at radius 1 is 1.08 bits per heavy atom. The molecule has 0 amide bonds. The lowest BCUT2D eigenvalue weighted by Gasteiger charge is -2.24. The van der Waals surface area contributed by atoms with Gasteiger partial charge in [-0.3, -0.25) is 9.69 Å². The molecule has 0 bridgehead atoms. The summed E-state index contributed by atoms with van der Waals surface area (Å²) in [6.07, 6.45) is 1.15. The predicted molar refractivity (Wildman–Crippen MR) is 144 cm³/mol. The van der Waals surface area contributed by atoms with Gasteiger partial charge < -0.3 is 9.84 Å². The Morgan fingerprint density at radius 2 is 1.83 bits per heavy atom. The number of fused-ring (bicyclic) bond motifs is 2. The summed E-state index contributed by atoms with van der Waals surface area (Å²) in [6, 6.07) is 21.2. The number of para-hydroxylation sites is 1. The van der Waals surface area contributed by atoms with E-state index in [1.54, 1.807) is 11.9 Å². The van der Waals surface area contributed by atoms with Gasteiger partial charge in [0.05, 0.1) is 11.3 Å². The number of benzene rings is 3. The molecule has 0 aliphatic carbocycles. The van der Waals surface area contributed by atoms with E-state index in [-0.39, 0.29) is 18.4 Å². The minimum atomic E-state index is -0.776. The van der Waals surface area contributed by atoms with Crippen molar-refractivity contribution in [3.8, 4) is 5.75 Å². The summed E-state index contributed by atoms with van der Waals surface area (Å²) >= 11 is 1.75. The van der Waals surface area contributed by atoms with Crippen molar-refractivity contribution in [1.29, 1.82) is 0 Å². The molecule has 2 heterocycles. The highest BCUT2D eigenvalue weighted by molar-refractivity contribution is 7.97. The van der Waals surface area contributed by atoms with Crippen LogP contribution in [0, 0.1) is 6.92 Å². The molecule has 0 aromatic heterocycles. The highest BCUT2D eigenvalue weighted by atomic mass is 32.2. The monoisotopic (exact) mass is 502 g/mol. The minimum absolute atomic E-state index is 0.0781. The van der Waals surface area contributed by atoms with Crippen LogP contribution in [0.1, 0.15) is 59.1 Å². The first-order valence-electron chi connectivity index (χ1n) is 12.7. The van der Waals surface area contributed by atoms with E-state index in [9.17, 15) is 9.90 Å². The van der Waals surface area contributed by atoms with Gasteiger partial charge in [0.15, 0.2) is 0 Å². The maximum atomic E-state index is 11.9. The van der Waals surface area contributed by atoms with Gasteiger partial charge in [0.25, 0.3) is 0 Å². The van der Waals surface area contributed by atoms with Gasteiger partial charge in [-0.15, -0.1) is 0 Å². The Labute approximate surface area is 218 Å². The number of ether oxygens (including phenoxy) is 1. The van der Waals surface area contributed by atoms with Crippen LogP contribution in [0.25, 0.3) is 0 Å². The maximum absolute atomic E-state index is 11.9. The molecule has 2 unspecified atom stereocenters. The summed E-state index contributed by atoms with van der Waals surface area (Å²) in [7, 11) is 2.12. The van der Waals surface area contributed by atoms with E-state index in [0.29, 0.717) is 0 Å². The van der Waals surface area contributed by atoms with Crippen molar-refractivity contribution in [3.05, 3.63) is 94.0 Å². The van der Waals surface area contributed by atoms with Crippen LogP contribution in [-0.4, -0.2) is 40.0 Å². The van der Waals surface area contributed by atoms with Crippen LogP contribution < -0.4 is 4.74 Å². The highest BCUT2D eigenvalue weighted by Crippen LogP contribution is 2.38. The maximum Gasteiger partial charge on any atom is 0.304 e. The molecule has 0 radical (unpaired) electrons. The number of hydrogen-bond acceptors (Lipinski definition) is 5. The average Bonchev–Trinajstić information content (AvgIpc) is 3.13. The Morgan fingerprint density at radius 3 is 2.64 bits per heavy atom. The Bertz CT molecular complexity index is 1260. The normalized spacial score (nSPS) is 18.7. The molecule has 2 atom stereocenters. The molecule has 3 aromatic carbocycles. The van der Waals surface area contributed by atoms with Gasteiger partial charge in [-0.25, -0.2) is 4.31 Å². The van der Waals surface area contributed by atoms with Gasteiger partial charge in [0, 0.05) is 32.1 Å². The second-order valence-corrected chi connectivity index (χ2v) is 11.2. The van der Waals surface area contributed by atoms with Crippen molar-refractivity contribution < 1.29 is 14.6 Å². The van der Waals surface area contributed by atoms with Gasteiger partial charge in [-0.2, -0.15) is 0 Å². The van der Waals surface area contributed by atoms with Crippen LogP contribution in [0.3, 0.4) is 0 Å². The van der Waals surface area contributed by atoms with Crippen LogP contribution in [0.5, 0.6) is 5.75 Å². The Kier molecular flexibility index (Phi) is 7.37. The van der Waals surface area contributed by atoms with E-state index in [1.165, 1.54) is 22.3 Å². The van der Waals surface area contributed by atoms with E-state index < -0.39 is 5.97 Å². The molecule has 1 N–H and O–H groups in total. The summed E-state index contributed by atoms with van der Waals surface area (Å²) in [5.74, 6) is -0.00393. The number of nitrogens with zero attached hydrogens (tertiary/aromatic N) is 2. The second kappa shape index (κ2) is 10.7. The van der Waals surface area contributed by atoms with Gasteiger partial charge in [-0.1, -0.05) is 55.5 Å². The Balaban J connectivity index is 1.44. The smallest absolute Gasteiger partial charge is 0.304 e. The third-order valence-corrected chi connectivity index (χ3v) is 8.32. The highest BCUT2D eigenvalue weighted by Gasteiger charge is 2.25. The Hall–Kier alpha value is -2.80. The van der Waals surface area contributed by atoms with Gasteiger partial charge >= 0.3 is 5.97 Å². The molecule has 188 valence electrons. The van der Waals surface area contributed by atoms with Gasteiger partial charge in [0.1, 0.15) is 11.9 Å². The zero-order chi connectivity index (χ0) is 25.2. The number of carboxylic acids is 1. The molecule has 3 aromatic rings. The van der Waals surface area contributed by atoms with E-state index in [4.69, 9.17) is 4.74 Å². The number of carbonyl (C=O) groups is 1. The fourth-order valence-corrected chi connectivity index (χ4v) is 6.29. The van der Waals surface area contributed by atoms with Crippen molar-refractivity contribution in [3.63, 3.8) is 0 Å². The van der Waals surface area contributed by atoms with Crippen LogP contribution in [0.2, 0.25) is 0 Å². The lowest BCUT2D eigenvalue weighted by molar-refractivity contribution is -0.137. The standard InChI is InChI=1S/C30H34N2O3S/c1-4-26-19-32(36-29-8-6-5-7-28(29)35-26)18-24-13-21(10-9-20(24)2)27(15-30(33)34)22-11-12-23-16-31(3)17-25(23)14-22/h5-14,26-27H,4,15-19H2,1-3H3,(H,33,34). The zero-order valence-electron chi connectivity index (χ0n) is 21.2.